The maximum Gasteiger partial charge on any atom is 0.224 e. The Morgan fingerprint density at radius 1 is 0.442 bits per heavy atom. The van der Waals surface area contributed by atoms with Crippen molar-refractivity contribution >= 4 is 39.0 Å². The molecule has 7 saturated heterocycles. The number of carbonyl (C=O) groups is 4. The second-order valence-corrected chi connectivity index (χ2v) is 60.0. The van der Waals surface area contributed by atoms with Crippen molar-refractivity contribution in [2.75, 3.05) is 52.6 Å². The number of hydrogen-bond acceptors (Lipinski definition) is 14. The van der Waals surface area contributed by atoms with Crippen LogP contribution < -0.4 is 15.4 Å². The van der Waals surface area contributed by atoms with E-state index in [9.17, 15) is 27.6 Å². The average molecular weight is 2040 g/mol. The molecule has 1 aromatic rings. The van der Waals surface area contributed by atoms with Crippen LogP contribution in [0.3, 0.4) is 0 Å². The quantitative estimate of drug-likeness (QED) is 0.177. The molecule has 1 amide bonds. The van der Waals surface area contributed by atoms with Crippen LogP contribution in [0.15, 0.2) is 79.9 Å². The van der Waals surface area contributed by atoms with E-state index in [0.29, 0.717) is 154 Å². The number of nitrogens with zero attached hydrogens (tertiary/aromatic N) is 3. The van der Waals surface area contributed by atoms with E-state index >= 15 is 0 Å². The third kappa shape index (κ3) is 19.6. The number of ether oxygens (including phenoxy) is 4. The Kier molecular flexibility index (Phi) is 30.2. The first-order valence-corrected chi connectivity index (χ1v) is 63.9. The largest absolute Gasteiger partial charge is 0.371 e. The first-order chi connectivity index (χ1) is 70.1. The van der Waals surface area contributed by atoms with Gasteiger partial charge in [-0.3, -0.25) is 29.2 Å². The number of piperidine rings is 3. The van der Waals surface area contributed by atoms with Gasteiger partial charge in [0.15, 0.2) is 0 Å². The van der Waals surface area contributed by atoms with Gasteiger partial charge in [0, 0.05) is 113 Å². The molecule has 4 spiro atoms. The second kappa shape index (κ2) is 41.4. The van der Waals surface area contributed by atoms with Crippen molar-refractivity contribution in [2.45, 2.75) is 478 Å². The van der Waals surface area contributed by atoms with Gasteiger partial charge in [0.2, 0.25) is 15.9 Å². The van der Waals surface area contributed by atoms with E-state index in [2.05, 4.69) is 141 Å². The van der Waals surface area contributed by atoms with Crippen LogP contribution in [0.5, 0.6) is 0 Å². The van der Waals surface area contributed by atoms with Crippen LogP contribution in [0.25, 0.3) is 0 Å². The highest BCUT2D eigenvalue weighted by Crippen LogP contribution is 2.72. The number of allylic oxidation sites excluding steroid dienone is 4. The summed E-state index contributed by atoms with van der Waals surface area (Å²) < 4.78 is 55.3. The molecule has 7 aliphatic heterocycles. The first kappa shape index (κ1) is 107. The fourth-order valence-corrected chi connectivity index (χ4v) is 43.5. The molecular formula is C130H200N6O10S. The molecule has 0 radical (unpaired) electrons. The Morgan fingerprint density at radius 2 is 0.857 bits per heavy atom. The number of benzene rings is 1. The van der Waals surface area contributed by atoms with Crippen molar-refractivity contribution in [1.82, 2.24) is 25.2 Å². The monoisotopic (exact) mass is 2040 g/mol. The number of ketones is 3. The molecule has 0 aromatic heterocycles. The number of aliphatic imine (C=N–C) groups is 1. The number of fused-ring (bicyclic) bond motifs is 24. The molecule has 16 nitrogen and oxygen atoms in total. The Morgan fingerprint density at radius 3 is 1.33 bits per heavy atom. The highest BCUT2D eigenvalue weighted by atomic mass is 32.2. The number of nitrogens with one attached hydrogen (secondary N) is 3. The summed E-state index contributed by atoms with van der Waals surface area (Å²) in [5.74, 6) is 19.8. The van der Waals surface area contributed by atoms with Crippen molar-refractivity contribution in [2.24, 2.45) is 175 Å². The predicted octanol–water partition coefficient (Wildman–Crippen LogP) is 26.2. The summed E-state index contributed by atoms with van der Waals surface area (Å²) in [6, 6.07) is 11.7. The number of carbonyl (C=O) groups excluding carboxylic acids is 4. The van der Waals surface area contributed by atoms with Gasteiger partial charge in [-0.25, -0.2) is 13.1 Å². The fraction of sp³-hybridized carbons (Fsp3) is 0.854. The summed E-state index contributed by atoms with van der Waals surface area (Å²) in [6.45, 7) is 47.5. The van der Waals surface area contributed by atoms with Crippen LogP contribution in [-0.4, -0.2) is 171 Å². The Hall–Kier alpha value is -4.04. The summed E-state index contributed by atoms with van der Waals surface area (Å²) in [5, 5.41) is 7.08. The summed E-state index contributed by atoms with van der Waals surface area (Å²) in [5.41, 5.74) is 18.2. The highest BCUT2D eigenvalue weighted by molar-refractivity contribution is 7.88. The van der Waals surface area contributed by atoms with Gasteiger partial charge in [0.1, 0.15) is 17.3 Å². The van der Waals surface area contributed by atoms with Crippen LogP contribution in [0.1, 0.15) is 406 Å². The van der Waals surface area contributed by atoms with Gasteiger partial charge in [-0.15, -0.1) is 0 Å². The lowest BCUT2D eigenvalue weighted by Gasteiger charge is -2.54. The van der Waals surface area contributed by atoms with Crippen LogP contribution in [0, 0.1) is 170 Å². The molecule has 41 atom stereocenters. The summed E-state index contributed by atoms with van der Waals surface area (Å²) in [4.78, 5) is 58.9. The maximum atomic E-state index is 12.7. The molecule has 13 saturated carbocycles. The Balaban J connectivity index is 0.000000112. The minimum atomic E-state index is -3.12. The zero-order chi connectivity index (χ0) is 103. The molecule has 0 bridgehead atoms. The van der Waals surface area contributed by atoms with E-state index < -0.39 is 10.0 Å². The van der Waals surface area contributed by atoms with E-state index in [1.54, 1.807) is 40.4 Å². The van der Waals surface area contributed by atoms with Gasteiger partial charge < -0.3 is 34.4 Å². The predicted molar refractivity (Wildman–Crippen MR) is 591 cm³/mol. The van der Waals surface area contributed by atoms with Gasteiger partial charge in [-0.2, -0.15) is 0 Å². The zero-order valence-corrected chi connectivity index (χ0v) is 96.2. The molecule has 816 valence electrons. The number of amides is 1. The molecule has 147 heavy (non-hydrogen) atoms. The molecule has 7 heterocycles. The van der Waals surface area contributed by atoms with E-state index in [0.717, 1.165) is 198 Å². The van der Waals surface area contributed by atoms with Crippen LogP contribution in [-0.2, 0) is 54.6 Å². The third-order valence-electron chi connectivity index (χ3n) is 50.5. The van der Waals surface area contributed by atoms with Crippen LogP contribution in [0.2, 0.25) is 0 Å². The molecule has 1 aromatic carbocycles. The van der Waals surface area contributed by atoms with Crippen molar-refractivity contribution in [3.63, 3.8) is 0 Å². The number of rotatable bonds is 11. The lowest BCUT2D eigenvalue weighted by molar-refractivity contribution is -0.130. The van der Waals surface area contributed by atoms with Crippen molar-refractivity contribution in [3.8, 4) is 0 Å². The smallest absolute Gasteiger partial charge is 0.224 e. The van der Waals surface area contributed by atoms with E-state index in [1.807, 2.05) is 48.5 Å². The minimum Gasteiger partial charge on any atom is -0.371 e. The Labute approximate surface area is 890 Å². The standard InChI is InChI=1S/C38H54N2O3.C33H51NO3.C30H49NO3S.C29H46N2O/c1-24-18-34-36(40(23-24)17-16-39-35(42)19-27-8-6-5-7-9-27)26(3)38(43-34)15-13-30-31-11-10-28-20-29(41)12-14-37(28,4)33(31)21-32(30)25(2)22-38;1-20-15-30-31(34(19-20)14-6-7-22(3)35)23(4)33(37-30)13-11-26-27-9-8-24-16-25(36)10-12-32(24,5)29(27)17-28(26)21(2)18-33;1-18-6-8-23-20(3)30(34-28(23)14-18)13-11-24-25-9-7-21-15-22(31-35(5,32)33)10-12-29(21,4)27(25)16-26(24)19(2)17-30;1-17-12-26-27(31-16-17)19(3)29(32-26)11-9-22-23-7-6-20-13-21(30-5)8-10-28(20,4)25(23)14-24(22)18(2)15-29/h5-9,24,26,28,30-31,33-34,36H,10-23H2,1-4H3,(H,39,42);20,23-24,26-27,29-31H,6-19H2,1-5H3;18,20-25,27-28,31H,6-17H2,1-5H3;17,19-20,22-23,25-27,31H,6-16H2,1-5H3/t24-,26+,28+,30-,31-,33-,34+,36-,37-,38-;20-,23+,24+,26-,27-,29-,30+,31-,32-,33-;18-,20-,21-,22+,23+,24+,25+,27+,28-,29+,30+;17-,19+,20+,22-,23-,25-,26+,27-,28-,29-/m0010/s1. The van der Waals surface area contributed by atoms with Gasteiger partial charge in [-0.05, 0) is 449 Å². The molecule has 17 heteroatoms. The number of Topliss-reactive ketones (excluding diaryl/α,β-unsaturated/α-hetero) is 3. The van der Waals surface area contributed by atoms with Crippen LogP contribution in [0.4, 0.5) is 0 Å². The Bertz CT molecular complexity index is 5330. The fourth-order valence-electron chi connectivity index (χ4n) is 42.7. The van der Waals surface area contributed by atoms with E-state index in [4.69, 9.17) is 18.9 Å². The van der Waals surface area contributed by atoms with E-state index in [1.165, 1.54) is 218 Å². The average Bonchev–Trinajstić information content (AvgIpc) is 1.58. The van der Waals surface area contributed by atoms with Gasteiger partial charge in [-0.1, -0.05) is 164 Å². The summed E-state index contributed by atoms with van der Waals surface area (Å²) in [7, 11) is -1.11. The summed E-state index contributed by atoms with van der Waals surface area (Å²) >= 11 is 0. The zero-order valence-electron chi connectivity index (χ0n) is 95.3. The van der Waals surface area contributed by atoms with Crippen molar-refractivity contribution in [1.29, 1.82) is 0 Å². The first-order valence-electron chi connectivity index (χ1n) is 62.0. The molecule has 17 aliphatic carbocycles. The topological polar surface area (TPSA) is 194 Å². The minimum absolute atomic E-state index is 0.0203. The maximum absolute atomic E-state index is 12.7. The van der Waals surface area contributed by atoms with Crippen molar-refractivity contribution < 1.29 is 46.5 Å². The molecule has 20 fully saturated rings. The number of hydrogen-bond donors (Lipinski definition) is 3. The normalized spacial score (nSPS) is 48.7. The van der Waals surface area contributed by atoms with Crippen molar-refractivity contribution in [3.05, 3.63) is 80.5 Å². The van der Waals surface area contributed by atoms with Crippen LogP contribution >= 0.6 is 0 Å². The lowest BCUT2D eigenvalue weighted by atomic mass is 9.52. The summed E-state index contributed by atoms with van der Waals surface area (Å²) in [6.07, 6.45) is 55.9. The highest BCUT2D eigenvalue weighted by Gasteiger charge is 2.68. The van der Waals surface area contributed by atoms with Gasteiger partial charge >= 0.3 is 0 Å². The SMILES string of the molecule is CC(=O)CCCN1C[C@@H](C)C[C@H]2O[C@]3(CC[C@@H]4C(=C(C)C3)C[C@H]3[C@H]4CC[C@@H]4CC(=O)CC[C@@]43C)[C@H](C)[C@@H]21.CC1=C2C[C@H]3[C@@H](CC[C@@H]4CC(=O)CC[C@@]43C)[C@@H]2CC[C@@]2(C1)O[C@@H]1C[C@H](C)CN(CCNC(=O)Cc3ccccc3)[C@H]1[C@H]2C.CC1=C2C[C@H]3[C@@H](CC[C@@H]4C[C@@H](NS(C)(=O)=O)CC[C@@]43C)[C@@H]2CC[C@@]2(C1)O[C@@H]1C[C@H](C)CC[C@H]1[C@H]2C.CN=C1CC[C@@]2(C)[C@H](CC[C@H]3[C@@H]4CC[C@@]5(CC(C)=C4C[C@@H]32)O[C@@H]2C[C@H](C)CN[C@H]2[C@H]5C)C1. The molecule has 3 N–H and O–H groups in total. The molecule has 0 unspecified atom stereocenters. The lowest BCUT2D eigenvalue weighted by Crippen LogP contribution is -2.53. The van der Waals surface area contributed by atoms with Gasteiger partial charge in [0.05, 0.1) is 59.5 Å². The second-order valence-electron chi connectivity index (χ2n) is 58.2. The van der Waals surface area contributed by atoms with E-state index in [-0.39, 0.29) is 40.5 Å². The number of sulfonamides is 1. The third-order valence-corrected chi connectivity index (χ3v) is 51.3. The molecule has 24 aliphatic rings. The number of likely N-dealkylation sites (tertiary alicyclic amines) is 2. The van der Waals surface area contributed by atoms with Gasteiger partial charge in [0.25, 0.3) is 0 Å². The molecular weight excluding hydrogens is 1840 g/mol. The molecule has 25 rings (SSSR count).